The Bertz CT molecular complexity index is 290. The Morgan fingerprint density at radius 2 is 2.05 bits per heavy atom. The van der Waals surface area contributed by atoms with Gasteiger partial charge in [-0.2, -0.15) is 0 Å². The van der Waals surface area contributed by atoms with Gasteiger partial charge in [0.25, 0.3) is 0 Å². The maximum absolute atomic E-state index is 12.3. The van der Waals surface area contributed by atoms with Gasteiger partial charge in [0.1, 0.15) is 0 Å². The number of rotatable bonds is 4. The molecule has 1 aliphatic carbocycles. The average molecular weight is 307 g/mol. The minimum absolute atomic E-state index is 0. The van der Waals surface area contributed by atoms with Crippen LogP contribution in [0.25, 0.3) is 0 Å². The molecule has 5 nitrogen and oxygen atoms in total. The summed E-state index contributed by atoms with van der Waals surface area (Å²) < 4.78 is 10.8. The van der Waals surface area contributed by atoms with Gasteiger partial charge in [0.15, 0.2) is 0 Å². The minimum Gasteiger partial charge on any atom is -0.381 e. The molecule has 1 heterocycles. The van der Waals surface area contributed by atoms with Crippen molar-refractivity contribution in [1.29, 1.82) is 0 Å². The van der Waals surface area contributed by atoms with E-state index in [-0.39, 0.29) is 24.4 Å². The molecule has 6 heteroatoms. The van der Waals surface area contributed by atoms with Crippen LogP contribution >= 0.6 is 12.4 Å². The fourth-order valence-electron chi connectivity index (χ4n) is 2.98. The summed E-state index contributed by atoms with van der Waals surface area (Å²) in [6, 6.07) is 0.558. The van der Waals surface area contributed by atoms with Crippen molar-refractivity contribution in [3.8, 4) is 0 Å². The summed E-state index contributed by atoms with van der Waals surface area (Å²) in [6.07, 6.45) is 5.15. The van der Waals surface area contributed by atoms with Gasteiger partial charge < -0.3 is 19.7 Å². The molecular weight excluding hydrogens is 280 g/mol. The highest BCUT2D eigenvalue weighted by Crippen LogP contribution is 2.24. The predicted molar refractivity (Wildman–Crippen MR) is 80.3 cm³/mol. The van der Waals surface area contributed by atoms with Crippen LogP contribution < -0.4 is 5.32 Å². The zero-order valence-electron chi connectivity index (χ0n) is 12.5. The summed E-state index contributed by atoms with van der Waals surface area (Å²) in [5.74, 6) is 0.226. The van der Waals surface area contributed by atoms with Gasteiger partial charge in [0.05, 0.1) is 19.3 Å². The Morgan fingerprint density at radius 3 is 2.60 bits per heavy atom. The second-order valence-electron chi connectivity index (χ2n) is 5.60. The summed E-state index contributed by atoms with van der Waals surface area (Å²) >= 11 is 0. The number of halogens is 1. The Balaban J connectivity index is 0.00000200. The molecule has 2 fully saturated rings. The molecule has 1 aliphatic heterocycles. The highest BCUT2D eigenvalue weighted by atomic mass is 35.5. The average Bonchev–Trinajstić information content (AvgIpc) is 2.47. The van der Waals surface area contributed by atoms with Crippen LogP contribution in [0, 0.1) is 0 Å². The van der Waals surface area contributed by atoms with Crippen molar-refractivity contribution in [2.75, 3.05) is 33.9 Å². The van der Waals surface area contributed by atoms with E-state index >= 15 is 0 Å². The smallest absolute Gasteiger partial charge is 0.224 e. The van der Waals surface area contributed by atoms with Crippen LogP contribution in [0.4, 0.5) is 0 Å². The molecule has 0 spiro atoms. The molecule has 1 unspecified atom stereocenters. The fourth-order valence-corrected chi connectivity index (χ4v) is 2.98. The Hall–Kier alpha value is -0.360. The summed E-state index contributed by atoms with van der Waals surface area (Å²) in [6.45, 7) is 2.25. The number of carbonyl (C=O) groups is 1. The third-order valence-corrected chi connectivity index (χ3v) is 4.34. The molecule has 0 radical (unpaired) electrons. The lowest BCUT2D eigenvalue weighted by Gasteiger charge is -2.35. The fraction of sp³-hybridized carbons (Fsp3) is 0.929. The van der Waals surface area contributed by atoms with Crippen molar-refractivity contribution in [3.05, 3.63) is 0 Å². The van der Waals surface area contributed by atoms with Crippen molar-refractivity contribution >= 4 is 18.3 Å². The van der Waals surface area contributed by atoms with Gasteiger partial charge in [-0.1, -0.05) is 0 Å². The zero-order chi connectivity index (χ0) is 13.7. The van der Waals surface area contributed by atoms with Gasteiger partial charge in [-0.25, -0.2) is 0 Å². The van der Waals surface area contributed by atoms with Crippen molar-refractivity contribution in [1.82, 2.24) is 10.2 Å². The van der Waals surface area contributed by atoms with Gasteiger partial charge in [0.2, 0.25) is 5.91 Å². The highest BCUT2D eigenvalue weighted by molar-refractivity contribution is 5.85. The first kappa shape index (κ1) is 17.7. The molecule has 1 atom stereocenters. The maximum Gasteiger partial charge on any atom is 0.224 e. The second kappa shape index (κ2) is 8.82. The topological polar surface area (TPSA) is 50.8 Å². The van der Waals surface area contributed by atoms with Crippen molar-refractivity contribution in [3.63, 3.8) is 0 Å². The zero-order valence-corrected chi connectivity index (χ0v) is 13.3. The maximum atomic E-state index is 12.3. The van der Waals surface area contributed by atoms with E-state index in [4.69, 9.17) is 9.47 Å². The Kier molecular flexibility index (Phi) is 7.80. The molecule has 0 bridgehead atoms. The first-order chi connectivity index (χ1) is 9.20. The van der Waals surface area contributed by atoms with E-state index in [0.29, 0.717) is 25.2 Å². The lowest BCUT2D eigenvalue weighted by molar-refractivity contribution is -0.134. The third-order valence-electron chi connectivity index (χ3n) is 4.34. The summed E-state index contributed by atoms with van der Waals surface area (Å²) in [5, 5.41) is 3.33. The Morgan fingerprint density at radius 1 is 1.35 bits per heavy atom. The quantitative estimate of drug-likeness (QED) is 0.848. The number of nitrogens with zero attached hydrogens (tertiary/aromatic N) is 1. The van der Waals surface area contributed by atoms with Crippen LogP contribution in [0.3, 0.4) is 0 Å². The van der Waals surface area contributed by atoms with E-state index in [1.54, 1.807) is 7.11 Å². The number of amides is 1. The number of ether oxygens (including phenoxy) is 2. The first-order valence-electron chi connectivity index (χ1n) is 7.30. The van der Waals surface area contributed by atoms with E-state index in [1.165, 1.54) is 0 Å². The SMILES string of the molecule is COC1CCC(N(C)C(=O)CC2COCCN2)CC1.Cl. The lowest BCUT2D eigenvalue weighted by atomic mass is 9.92. The van der Waals surface area contributed by atoms with Gasteiger partial charge in [0, 0.05) is 39.2 Å². The molecule has 1 N–H and O–H groups in total. The van der Waals surface area contributed by atoms with Crippen molar-refractivity contribution in [2.45, 2.75) is 50.3 Å². The van der Waals surface area contributed by atoms with Crippen LogP contribution in [-0.4, -0.2) is 62.9 Å². The summed E-state index contributed by atoms with van der Waals surface area (Å²) in [5.41, 5.74) is 0. The van der Waals surface area contributed by atoms with Crippen molar-refractivity contribution in [2.24, 2.45) is 0 Å². The van der Waals surface area contributed by atoms with Crippen molar-refractivity contribution < 1.29 is 14.3 Å². The normalized spacial score (nSPS) is 30.4. The monoisotopic (exact) mass is 306 g/mol. The molecule has 118 valence electrons. The molecule has 1 saturated heterocycles. The van der Waals surface area contributed by atoms with E-state index in [2.05, 4.69) is 5.32 Å². The second-order valence-corrected chi connectivity index (χ2v) is 5.60. The number of hydrogen-bond acceptors (Lipinski definition) is 4. The highest BCUT2D eigenvalue weighted by Gasteiger charge is 2.27. The number of carbonyl (C=O) groups excluding carboxylic acids is 1. The molecule has 2 rings (SSSR count). The van der Waals surface area contributed by atoms with Crippen LogP contribution in [0.15, 0.2) is 0 Å². The van der Waals surface area contributed by atoms with E-state index < -0.39 is 0 Å². The number of nitrogens with one attached hydrogen (secondary N) is 1. The van der Waals surface area contributed by atoms with Crippen LogP contribution in [-0.2, 0) is 14.3 Å². The van der Waals surface area contributed by atoms with E-state index in [9.17, 15) is 4.79 Å². The molecule has 0 aromatic heterocycles. The standard InChI is InChI=1S/C14H26N2O3.ClH/c1-16(12-3-5-13(18-2)6-4-12)14(17)9-11-10-19-8-7-15-11;/h11-13,15H,3-10H2,1-2H3;1H. The summed E-state index contributed by atoms with van der Waals surface area (Å²) in [7, 11) is 3.71. The molecular formula is C14H27ClN2O3. The minimum atomic E-state index is 0. The molecule has 1 amide bonds. The van der Waals surface area contributed by atoms with E-state index in [0.717, 1.165) is 38.8 Å². The Labute approximate surface area is 127 Å². The lowest BCUT2D eigenvalue weighted by Crippen LogP contribution is -2.47. The molecule has 0 aromatic rings. The van der Waals surface area contributed by atoms with Gasteiger partial charge in [-0.15, -0.1) is 12.4 Å². The van der Waals surface area contributed by atoms with Gasteiger partial charge in [-0.3, -0.25) is 4.79 Å². The molecule has 2 aliphatic rings. The van der Waals surface area contributed by atoms with Gasteiger partial charge in [-0.05, 0) is 25.7 Å². The largest absolute Gasteiger partial charge is 0.381 e. The van der Waals surface area contributed by atoms with Crippen LogP contribution in [0.5, 0.6) is 0 Å². The molecule has 20 heavy (non-hydrogen) atoms. The number of methoxy groups -OCH3 is 1. The van der Waals surface area contributed by atoms with E-state index in [1.807, 2.05) is 11.9 Å². The first-order valence-corrected chi connectivity index (χ1v) is 7.30. The predicted octanol–water partition coefficient (Wildman–Crippen LogP) is 1.20. The third kappa shape index (κ3) is 4.88. The van der Waals surface area contributed by atoms with Gasteiger partial charge >= 0.3 is 0 Å². The number of hydrogen-bond donors (Lipinski definition) is 1. The summed E-state index contributed by atoms with van der Waals surface area (Å²) in [4.78, 5) is 14.2. The molecule has 0 aromatic carbocycles. The van der Waals surface area contributed by atoms with Crippen LogP contribution in [0.1, 0.15) is 32.1 Å². The number of morpholine rings is 1. The molecule has 1 saturated carbocycles. The van der Waals surface area contributed by atoms with Crippen LogP contribution in [0.2, 0.25) is 0 Å².